The number of carbonyl (C=O) groups excluding carboxylic acids is 1. The number of hydrogen-bond donors (Lipinski definition) is 1. The van der Waals surface area contributed by atoms with Gasteiger partial charge in [0.25, 0.3) is 5.91 Å². The van der Waals surface area contributed by atoms with E-state index in [1.165, 1.54) is 6.07 Å². The summed E-state index contributed by atoms with van der Waals surface area (Å²) in [5, 5.41) is 9.73. The number of likely N-dealkylation sites (tertiary alicyclic amines) is 1. The number of rotatable bonds is 2. The summed E-state index contributed by atoms with van der Waals surface area (Å²) in [6, 6.07) is 7.90. The number of aliphatic hydroxyl groups is 1. The van der Waals surface area contributed by atoms with E-state index in [9.17, 15) is 14.7 Å². The van der Waals surface area contributed by atoms with Gasteiger partial charge in [-0.2, -0.15) is 0 Å². The van der Waals surface area contributed by atoms with Gasteiger partial charge < -0.3 is 14.4 Å². The topological polar surface area (TPSA) is 70.8 Å². The molecular weight excluding hydrogens is 258 g/mol. The molecule has 0 spiro atoms. The van der Waals surface area contributed by atoms with Crippen LogP contribution in [0.15, 0.2) is 39.5 Å². The smallest absolute Gasteiger partial charge is 0.290 e. The summed E-state index contributed by atoms with van der Waals surface area (Å²) in [4.78, 5) is 26.0. The second-order valence-corrected chi connectivity index (χ2v) is 4.95. The monoisotopic (exact) mass is 273 g/mol. The molecule has 1 N–H and O–H groups in total. The Morgan fingerprint density at radius 1 is 1.40 bits per heavy atom. The summed E-state index contributed by atoms with van der Waals surface area (Å²) < 4.78 is 5.54. The van der Waals surface area contributed by atoms with Crippen molar-refractivity contribution in [3.05, 3.63) is 46.3 Å². The number of aliphatic hydroxyl groups excluding tert-OH is 1. The summed E-state index contributed by atoms with van der Waals surface area (Å²) in [6.07, 6.45) is 1.63. The van der Waals surface area contributed by atoms with Crippen molar-refractivity contribution < 1.29 is 14.3 Å². The van der Waals surface area contributed by atoms with E-state index in [2.05, 4.69) is 0 Å². The highest BCUT2D eigenvalue weighted by atomic mass is 16.3. The van der Waals surface area contributed by atoms with Crippen molar-refractivity contribution in [2.24, 2.45) is 0 Å². The molecule has 1 aromatic carbocycles. The average molecular weight is 273 g/mol. The van der Waals surface area contributed by atoms with Crippen molar-refractivity contribution in [2.75, 3.05) is 13.2 Å². The Labute approximate surface area is 115 Å². The van der Waals surface area contributed by atoms with E-state index in [4.69, 9.17) is 4.42 Å². The fourth-order valence-electron chi connectivity index (χ4n) is 2.64. The molecule has 1 saturated heterocycles. The first-order valence-electron chi connectivity index (χ1n) is 6.65. The second kappa shape index (κ2) is 5.09. The van der Waals surface area contributed by atoms with Crippen LogP contribution in [-0.4, -0.2) is 35.1 Å². The first-order valence-corrected chi connectivity index (χ1v) is 6.65. The Morgan fingerprint density at radius 2 is 2.20 bits per heavy atom. The third-order valence-electron chi connectivity index (χ3n) is 3.69. The van der Waals surface area contributed by atoms with Crippen LogP contribution in [0.3, 0.4) is 0 Å². The summed E-state index contributed by atoms with van der Waals surface area (Å²) in [7, 11) is 0. The van der Waals surface area contributed by atoms with Crippen LogP contribution in [0, 0.1) is 0 Å². The van der Waals surface area contributed by atoms with Gasteiger partial charge in [-0.1, -0.05) is 12.1 Å². The molecule has 0 saturated carbocycles. The van der Waals surface area contributed by atoms with E-state index >= 15 is 0 Å². The molecule has 1 amide bonds. The number of fused-ring (bicyclic) bond motifs is 1. The van der Waals surface area contributed by atoms with Crippen LogP contribution in [0.1, 0.15) is 23.4 Å². The first-order chi connectivity index (χ1) is 9.70. The van der Waals surface area contributed by atoms with E-state index in [-0.39, 0.29) is 29.7 Å². The molecule has 5 heteroatoms. The maximum Gasteiger partial charge on any atom is 0.290 e. The molecule has 0 unspecified atom stereocenters. The minimum atomic E-state index is -0.329. The maximum absolute atomic E-state index is 12.4. The van der Waals surface area contributed by atoms with E-state index < -0.39 is 0 Å². The molecule has 0 radical (unpaired) electrons. The molecule has 1 aliphatic heterocycles. The molecule has 2 aromatic rings. The minimum absolute atomic E-state index is 0.0362. The minimum Gasteiger partial charge on any atom is -0.451 e. The maximum atomic E-state index is 12.4. The van der Waals surface area contributed by atoms with Crippen molar-refractivity contribution in [3.63, 3.8) is 0 Å². The summed E-state index contributed by atoms with van der Waals surface area (Å²) in [5.74, 6) is -0.293. The van der Waals surface area contributed by atoms with Crippen molar-refractivity contribution in [1.29, 1.82) is 0 Å². The number of para-hydroxylation sites is 1. The van der Waals surface area contributed by atoms with Gasteiger partial charge in [0.1, 0.15) is 5.58 Å². The van der Waals surface area contributed by atoms with Gasteiger partial charge in [0.2, 0.25) is 0 Å². The number of benzene rings is 1. The molecule has 1 fully saturated rings. The van der Waals surface area contributed by atoms with Gasteiger partial charge in [-0.3, -0.25) is 9.59 Å². The van der Waals surface area contributed by atoms with Crippen molar-refractivity contribution in [2.45, 2.75) is 18.9 Å². The number of carbonyl (C=O) groups is 1. The molecule has 1 atom stereocenters. The highest BCUT2D eigenvalue weighted by Gasteiger charge is 2.30. The average Bonchev–Trinajstić information content (AvgIpc) is 2.95. The standard InChI is InChI=1S/C15H15NO4/c17-9-10-4-3-7-16(10)15(19)14-8-12(18)11-5-1-2-6-13(11)20-14/h1-2,5-6,8,10,17H,3-4,7,9H2/t10-/m0/s1. The summed E-state index contributed by atoms with van der Waals surface area (Å²) >= 11 is 0. The van der Waals surface area contributed by atoms with Crippen molar-refractivity contribution in [3.8, 4) is 0 Å². The van der Waals surface area contributed by atoms with E-state index in [1.807, 2.05) is 0 Å². The van der Waals surface area contributed by atoms with Crippen LogP contribution in [-0.2, 0) is 0 Å². The quantitative estimate of drug-likeness (QED) is 0.897. The van der Waals surface area contributed by atoms with Crippen molar-refractivity contribution in [1.82, 2.24) is 4.90 Å². The fourth-order valence-corrected chi connectivity index (χ4v) is 2.64. The Balaban J connectivity index is 2.02. The Hall–Kier alpha value is -2.14. The van der Waals surface area contributed by atoms with Crippen LogP contribution in [0.25, 0.3) is 11.0 Å². The molecule has 1 aliphatic rings. The molecule has 2 heterocycles. The Kier molecular flexibility index (Phi) is 3.28. The van der Waals surface area contributed by atoms with E-state index in [0.29, 0.717) is 17.5 Å². The van der Waals surface area contributed by atoms with Gasteiger partial charge in [-0.05, 0) is 25.0 Å². The zero-order valence-electron chi connectivity index (χ0n) is 10.9. The lowest BCUT2D eigenvalue weighted by molar-refractivity contribution is 0.0646. The van der Waals surface area contributed by atoms with Gasteiger partial charge in [-0.15, -0.1) is 0 Å². The summed E-state index contributed by atoms with van der Waals surface area (Å²) in [5.41, 5.74) is 0.179. The number of hydrogen-bond acceptors (Lipinski definition) is 4. The fraction of sp³-hybridized carbons (Fsp3) is 0.333. The lowest BCUT2D eigenvalue weighted by Crippen LogP contribution is -2.37. The predicted molar refractivity (Wildman–Crippen MR) is 73.6 cm³/mol. The molecule has 1 aromatic heterocycles. The van der Waals surface area contributed by atoms with Crippen LogP contribution in [0.4, 0.5) is 0 Å². The van der Waals surface area contributed by atoms with Gasteiger partial charge in [-0.25, -0.2) is 0 Å². The predicted octanol–water partition coefficient (Wildman–Crippen LogP) is 1.39. The largest absolute Gasteiger partial charge is 0.451 e. The van der Waals surface area contributed by atoms with Crippen LogP contribution in [0.2, 0.25) is 0 Å². The number of nitrogens with zero attached hydrogens (tertiary/aromatic N) is 1. The molecule has 0 bridgehead atoms. The van der Waals surface area contributed by atoms with Gasteiger partial charge in [0.15, 0.2) is 11.2 Å². The third-order valence-corrected chi connectivity index (χ3v) is 3.69. The lowest BCUT2D eigenvalue weighted by atomic mass is 10.2. The van der Waals surface area contributed by atoms with Crippen molar-refractivity contribution >= 4 is 16.9 Å². The van der Waals surface area contributed by atoms with E-state index in [0.717, 1.165) is 12.8 Å². The SMILES string of the molecule is O=C(c1cc(=O)c2ccccc2o1)N1CCC[C@H]1CO. The molecule has 20 heavy (non-hydrogen) atoms. The normalized spacial score (nSPS) is 18.6. The van der Waals surface area contributed by atoms with Gasteiger partial charge in [0, 0.05) is 12.6 Å². The zero-order valence-corrected chi connectivity index (χ0v) is 10.9. The molecular formula is C15H15NO4. The first kappa shape index (κ1) is 12.9. The van der Waals surface area contributed by atoms with Crippen LogP contribution < -0.4 is 5.43 Å². The Bertz CT molecular complexity index is 706. The Morgan fingerprint density at radius 3 is 3.00 bits per heavy atom. The molecule has 104 valence electrons. The van der Waals surface area contributed by atoms with Crippen LogP contribution in [0.5, 0.6) is 0 Å². The zero-order chi connectivity index (χ0) is 14.1. The van der Waals surface area contributed by atoms with Crippen LogP contribution >= 0.6 is 0 Å². The van der Waals surface area contributed by atoms with E-state index in [1.54, 1.807) is 29.2 Å². The second-order valence-electron chi connectivity index (χ2n) is 4.95. The molecule has 0 aliphatic carbocycles. The van der Waals surface area contributed by atoms with Gasteiger partial charge >= 0.3 is 0 Å². The molecule has 3 rings (SSSR count). The summed E-state index contributed by atoms with van der Waals surface area (Å²) in [6.45, 7) is 0.518. The van der Waals surface area contributed by atoms with Gasteiger partial charge in [0.05, 0.1) is 18.0 Å². The lowest BCUT2D eigenvalue weighted by Gasteiger charge is -2.22. The highest BCUT2D eigenvalue weighted by Crippen LogP contribution is 2.20. The third kappa shape index (κ3) is 2.10. The highest BCUT2D eigenvalue weighted by molar-refractivity contribution is 5.93. The molecule has 5 nitrogen and oxygen atoms in total. The number of amides is 1.